The first kappa shape index (κ1) is 26.1. The molecule has 2 rings (SSSR count). The van der Waals surface area contributed by atoms with Crippen LogP contribution in [0.4, 0.5) is 0 Å². The maximum Gasteiger partial charge on any atom is 0.158 e. The van der Waals surface area contributed by atoms with Crippen molar-refractivity contribution < 1.29 is 14.7 Å². The monoisotopic (exact) mass is 420 g/mol. The number of ketones is 2. The first-order valence-electron chi connectivity index (χ1n) is 10.6. The molecule has 0 fully saturated rings. The molecule has 0 spiro atoms. The third-order valence-corrected chi connectivity index (χ3v) is 5.22. The average molecular weight is 421 g/mol. The van der Waals surface area contributed by atoms with Crippen LogP contribution in [0.2, 0.25) is 0 Å². The predicted molar refractivity (Wildman–Crippen MR) is 130 cm³/mol. The lowest BCUT2D eigenvalue weighted by Gasteiger charge is -2.32. The van der Waals surface area contributed by atoms with Crippen LogP contribution < -0.4 is 0 Å². The van der Waals surface area contributed by atoms with E-state index in [1.807, 2.05) is 64.1 Å². The van der Waals surface area contributed by atoms with Gasteiger partial charge in [-0.1, -0.05) is 67.5 Å². The van der Waals surface area contributed by atoms with E-state index < -0.39 is 0 Å². The van der Waals surface area contributed by atoms with Gasteiger partial charge in [0.05, 0.1) is 0 Å². The summed E-state index contributed by atoms with van der Waals surface area (Å²) in [4.78, 5) is 22.9. The maximum absolute atomic E-state index is 11.9. The average Bonchev–Trinajstić information content (AvgIpc) is 2.67. The fraction of sp³-hybridized carbons (Fsp3) is 0.357. The Bertz CT molecular complexity index is 912. The molecule has 1 aliphatic carbocycles. The van der Waals surface area contributed by atoms with Crippen molar-refractivity contribution in [1.29, 1.82) is 0 Å². The lowest BCUT2D eigenvalue weighted by molar-refractivity contribution is -0.116. The molecule has 0 radical (unpaired) electrons. The van der Waals surface area contributed by atoms with E-state index in [0.717, 1.165) is 28.7 Å². The summed E-state index contributed by atoms with van der Waals surface area (Å²) in [5, 5.41) is 8.76. The van der Waals surface area contributed by atoms with Crippen LogP contribution in [0.25, 0.3) is 0 Å². The number of carbonyl (C=O) groups excluding carboxylic acids is 2. The normalized spacial score (nSPS) is 17.2. The summed E-state index contributed by atoms with van der Waals surface area (Å²) in [6, 6.07) is 7.09. The van der Waals surface area contributed by atoms with E-state index in [1.54, 1.807) is 25.1 Å². The van der Waals surface area contributed by atoms with Gasteiger partial charge in [-0.25, -0.2) is 0 Å². The second-order valence-corrected chi connectivity index (χ2v) is 8.78. The summed E-state index contributed by atoms with van der Waals surface area (Å²) in [7, 11) is 0. The van der Waals surface area contributed by atoms with Crippen LogP contribution in [0.1, 0.15) is 59.9 Å². The van der Waals surface area contributed by atoms with E-state index in [0.29, 0.717) is 12.2 Å². The van der Waals surface area contributed by atoms with Crippen LogP contribution in [0.3, 0.4) is 0 Å². The number of allylic oxidation sites excluding steroid dienone is 10. The summed E-state index contributed by atoms with van der Waals surface area (Å²) in [6.45, 7) is 13.8. The van der Waals surface area contributed by atoms with Gasteiger partial charge in [-0.15, -0.1) is 0 Å². The summed E-state index contributed by atoms with van der Waals surface area (Å²) in [5.74, 6) is 0.644. The number of benzene rings is 1. The van der Waals surface area contributed by atoms with Crippen LogP contribution >= 0.6 is 0 Å². The molecular weight excluding hydrogens is 384 g/mol. The largest absolute Gasteiger partial charge is 0.508 e. The number of aromatic hydroxyl groups is 1. The second-order valence-electron chi connectivity index (χ2n) is 8.78. The van der Waals surface area contributed by atoms with E-state index in [9.17, 15) is 9.59 Å². The van der Waals surface area contributed by atoms with Gasteiger partial charge in [-0.3, -0.25) is 9.59 Å². The van der Waals surface area contributed by atoms with Crippen LogP contribution in [-0.4, -0.2) is 16.7 Å². The standard InChI is InChI=1S/C21H28O2.C7H8O/c1-15(8-7-9-16(2)14-17(3)22)10-11-19-18(4)20(23)12-13-21(19,5)6;1-6-2-4-7(8)5-3-6/h7-11,14H,12-13H2,1-6H3;2-5,8H,1H3/b9-7+,11-10+,15-8+,16-14+;. The highest BCUT2D eigenvalue weighted by Gasteiger charge is 2.30. The van der Waals surface area contributed by atoms with Gasteiger partial charge in [0.15, 0.2) is 11.6 Å². The number of rotatable bonds is 5. The highest BCUT2D eigenvalue weighted by molar-refractivity contribution is 5.97. The van der Waals surface area contributed by atoms with Crippen molar-refractivity contribution in [3.63, 3.8) is 0 Å². The lowest BCUT2D eigenvalue weighted by atomic mass is 9.72. The Morgan fingerprint density at radius 2 is 1.61 bits per heavy atom. The summed E-state index contributed by atoms with van der Waals surface area (Å²) in [5.41, 5.74) is 5.28. The Hall–Kier alpha value is -2.94. The molecule has 31 heavy (non-hydrogen) atoms. The van der Waals surface area contributed by atoms with Crippen molar-refractivity contribution >= 4 is 11.6 Å². The number of phenolic OH excluding ortho intramolecular Hbond substituents is 1. The number of phenols is 1. The highest BCUT2D eigenvalue weighted by atomic mass is 16.3. The number of hydrogen-bond donors (Lipinski definition) is 1. The van der Waals surface area contributed by atoms with Crippen LogP contribution in [-0.2, 0) is 9.59 Å². The van der Waals surface area contributed by atoms with Crippen molar-refractivity contribution in [1.82, 2.24) is 0 Å². The van der Waals surface area contributed by atoms with Gasteiger partial charge < -0.3 is 5.11 Å². The minimum absolute atomic E-state index is 0.0470. The number of carbonyl (C=O) groups is 2. The van der Waals surface area contributed by atoms with Gasteiger partial charge in [-0.2, -0.15) is 0 Å². The van der Waals surface area contributed by atoms with E-state index in [1.165, 1.54) is 5.56 Å². The molecule has 0 saturated heterocycles. The zero-order chi connectivity index (χ0) is 23.6. The number of hydrogen-bond acceptors (Lipinski definition) is 3. The predicted octanol–water partition coefficient (Wildman–Crippen LogP) is 6.99. The molecule has 3 heteroatoms. The zero-order valence-corrected chi connectivity index (χ0v) is 20.0. The quantitative estimate of drug-likeness (QED) is 0.413. The molecule has 0 bridgehead atoms. The van der Waals surface area contributed by atoms with Crippen molar-refractivity contribution in [3.8, 4) is 5.75 Å². The third-order valence-electron chi connectivity index (χ3n) is 5.22. The molecule has 0 amide bonds. The molecule has 1 N–H and O–H groups in total. The molecule has 1 aliphatic rings. The summed E-state index contributed by atoms with van der Waals surface area (Å²) >= 11 is 0. The minimum Gasteiger partial charge on any atom is -0.508 e. The number of Topliss-reactive ketones (excluding diaryl/α,β-unsaturated/α-hetero) is 1. The maximum atomic E-state index is 11.9. The van der Waals surface area contributed by atoms with E-state index in [4.69, 9.17) is 5.11 Å². The topological polar surface area (TPSA) is 54.4 Å². The Kier molecular flexibility index (Phi) is 10.1. The van der Waals surface area contributed by atoms with Crippen LogP contribution in [0.15, 0.2) is 83.0 Å². The first-order valence-corrected chi connectivity index (χ1v) is 10.6. The molecule has 0 atom stereocenters. The smallest absolute Gasteiger partial charge is 0.158 e. The summed E-state index contributed by atoms with van der Waals surface area (Å²) in [6.07, 6.45) is 13.1. The van der Waals surface area contributed by atoms with Gasteiger partial charge in [-0.05, 0) is 81.4 Å². The van der Waals surface area contributed by atoms with Crippen molar-refractivity contribution in [2.24, 2.45) is 5.41 Å². The molecule has 0 aromatic heterocycles. The Morgan fingerprint density at radius 3 is 2.16 bits per heavy atom. The molecule has 166 valence electrons. The van der Waals surface area contributed by atoms with Gasteiger partial charge in [0.2, 0.25) is 0 Å². The molecule has 0 saturated carbocycles. The van der Waals surface area contributed by atoms with Gasteiger partial charge in [0.1, 0.15) is 5.75 Å². The molecule has 0 aliphatic heterocycles. The Morgan fingerprint density at radius 1 is 1.00 bits per heavy atom. The Labute approximate surface area is 187 Å². The van der Waals surface area contributed by atoms with E-state index in [2.05, 4.69) is 19.9 Å². The summed E-state index contributed by atoms with van der Waals surface area (Å²) < 4.78 is 0. The van der Waals surface area contributed by atoms with Crippen molar-refractivity contribution in [3.05, 3.63) is 88.6 Å². The van der Waals surface area contributed by atoms with Crippen LogP contribution in [0, 0.1) is 12.3 Å². The molecule has 0 heterocycles. The SMILES string of the molecule is CC(=O)/C=C(C)/C=C/C=C(C)/C=C/C1=C(C)C(=O)CCC1(C)C.Cc1ccc(O)cc1. The Balaban J connectivity index is 0.000000500. The van der Waals surface area contributed by atoms with Gasteiger partial charge >= 0.3 is 0 Å². The second kappa shape index (κ2) is 12.0. The van der Waals surface area contributed by atoms with Crippen molar-refractivity contribution in [2.45, 2.75) is 61.3 Å². The first-order chi connectivity index (χ1) is 14.4. The number of aryl methyl sites for hydroxylation is 1. The van der Waals surface area contributed by atoms with E-state index >= 15 is 0 Å². The third kappa shape index (κ3) is 9.61. The molecular formula is C28H36O3. The highest BCUT2D eigenvalue weighted by Crippen LogP contribution is 2.39. The van der Waals surface area contributed by atoms with Gasteiger partial charge in [0.25, 0.3) is 0 Å². The lowest BCUT2D eigenvalue weighted by Crippen LogP contribution is -2.24. The molecule has 1 aromatic rings. The van der Waals surface area contributed by atoms with E-state index in [-0.39, 0.29) is 17.0 Å². The van der Waals surface area contributed by atoms with Crippen molar-refractivity contribution in [2.75, 3.05) is 0 Å². The van der Waals surface area contributed by atoms with Gasteiger partial charge in [0, 0.05) is 6.42 Å². The minimum atomic E-state index is 0.0470. The zero-order valence-electron chi connectivity index (χ0n) is 20.0. The van der Waals surface area contributed by atoms with Crippen LogP contribution in [0.5, 0.6) is 5.75 Å². The fourth-order valence-corrected chi connectivity index (χ4v) is 3.29. The molecule has 3 nitrogen and oxygen atoms in total. The fourth-order valence-electron chi connectivity index (χ4n) is 3.29. The molecule has 1 aromatic carbocycles. The molecule has 0 unspecified atom stereocenters.